The molecule has 0 aliphatic heterocycles. The highest BCUT2D eigenvalue weighted by atomic mass is 79.9. The number of thioether (sulfide) groups is 1. The SMILES string of the molecule is O=C(CSc1ccc(CO)cc1)Nc1ccc(Br)cc1. The van der Waals surface area contributed by atoms with Crippen LogP contribution in [0.1, 0.15) is 5.56 Å². The molecule has 0 aliphatic rings. The molecule has 0 radical (unpaired) electrons. The second-order valence-corrected chi connectivity index (χ2v) is 6.11. The van der Waals surface area contributed by atoms with E-state index in [0.717, 1.165) is 20.6 Å². The molecule has 0 aromatic heterocycles. The second kappa shape index (κ2) is 7.47. The molecule has 2 rings (SSSR count). The van der Waals surface area contributed by atoms with Crippen molar-refractivity contribution in [1.29, 1.82) is 0 Å². The fraction of sp³-hybridized carbons (Fsp3) is 0.133. The van der Waals surface area contributed by atoms with Crippen molar-refractivity contribution >= 4 is 39.3 Å². The van der Waals surface area contributed by atoms with E-state index in [9.17, 15) is 4.79 Å². The lowest BCUT2D eigenvalue weighted by Crippen LogP contribution is -2.13. The summed E-state index contributed by atoms with van der Waals surface area (Å²) in [6.45, 7) is 0.0367. The minimum absolute atomic E-state index is 0.0367. The second-order valence-electron chi connectivity index (χ2n) is 4.15. The van der Waals surface area contributed by atoms with E-state index in [-0.39, 0.29) is 12.5 Å². The molecule has 20 heavy (non-hydrogen) atoms. The van der Waals surface area contributed by atoms with Crippen LogP contribution in [0, 0.1) is 0 Å². The first-order valence-electron chi connectivity index (χ1n) is 6.05. The van der Waals surface area contributed by atoms with Gasteiger partial charge in [-0.05, 0) is 42.0 Å². The quantitative estimate of drug-likeness (QED) is 0.808. The van der Waals surface area contributed by atoms with Gasteiger partial charge in [-0.1, -0.05) is 28.1 Å². The molecule has 3 nitrogen and oxygen atoms in total. The smallest absolute Gasteiger partial charge is 0.234 e. The Morgan fingerprint density at radius 3 is 2.35 bits per heavy atom. The Balaban J connectivity index is 1.83. The first-order chi connectivity index (χ1) is 9.67. The van der Waals surface area contributed by atoms with Gasteiger partial charge in [0, 0.05) is 15.1 Å². The number of hydrogen-bond acceptors (Lipinski definition) is 3. The van der Waals surface area contributed by atoms with Gasteiger partial charge >= 0.3 is 0 Å². The molecule has 0 spiro atoms. The van der Waals surface area contributed by atoms with E-state index in [1.54, 1.807) is 0 Å². The van der Waals surface area contributed by atoms with E-state index in [1.165, 1.54) is 11.8 Å². The van der Waals surface area contributed by atoms with E-state index in [1.807, 2.05) is 48.5 Å². The summed E-state index contributed by atoms with van der Waals surface area (Å²) in [6.07, 6.45) is 0. The highest BCUT2D eigenvalue weighted by molar-refractivity contribution is 9.10. The molecule has 2 N–H and O–H groups in total. The molecule has 0 saturated heterocycles. The van der Waals surface area contributed by atoms with E-state index in [4.69, 9.17) is 5.11 Å². The van der Waals surface area contributed by atoms with Crippen molar-refractivity contribution in [2.24, 2.45) is 0 Å². The molecular weight excluding hydrogens is 338 g/mol. The molecule has 0 fully saturated rings. The van der Waals surface area contributed by atoms with E-state index < -0.39 is 0 Å². The van der Waals surface area contributed by atoms with Crippen molar-refractivity contribution in [1.82, 2.24) is 0 Å². The number of benzene rings is 2. The van der Waals surface area contributed by atoms with Crippen LogP contribution in [0.4, 0.5) is 5.69 Å². The summed E-state index contributed by atoms with van der Waals surface area (Å²) in [5.74, 6) is 0.317. The fourth-order valence-electron chi connectivity index (χ4n) is 1.57. The number of aliphatic hydroxyl groups is 1. The van der Waals surface area contributed by atoms with Gasteiger partial charge in [0.1, 0.15) is 0 Å². The van der Waals surface area contributed by atoms with E-state index in [0.29, 0.717) is 5.75 Å². The Kier molecular flexibility index (Phi) is 5.64. The van der Waals surface area contributed by atoms with Crippen molar-refractivity contribution in [3.05, 3.63) is 58.6 Å². The van der Waals surface area contributed by atoms with Crippen molar-refractivity contribution < 1.29 is 9.90 Å². The van der Waals surface area contributed by atoms with Crippen molar-refractivity contribution in [2.45, 2.75) is 11.5 Å². The van der Waals surface area contributed by atoms with Crippen LogP contribution in [0.25, 0.3) is 0 Å². The summed E-state index contributed by atoms with van der Waals surface area (Å²) in [6, 6.07) is 15.0. The molecule has 104 valence electrons. The third-order valence-electron chi connectivity index (χ3n) is 2.60. The van der Waals surface area contributed by atoms with Crippen LogP contribution >= 0.6 is 27.7 Å². The third kappa shape index (κ3) is 4.67. The number of amides is 1. The molecule has 1 amide bonds. The van der Waals surface area contributed by atoms with Crippen LogP contribution in [0.2, 0.25) is 0 Å². The topological polar surface area (TPSA) is 49.3 Å². The normalized spacial score (nSPS) is 10.3. The van der Waals surface area contributed by atoms with E-state index >= 15 is 0 Å². The van der Waals surface area contributed by atoms with Crippen LogP contribution in [0.3, 0.4) is 0 Å². The summed E-state index contributed by atoms with van der Waals surface area (Å²) in [5, 5.41) is 11.8. The molecule has 0 unspecified atom stereocenters. The van der Waals surface area contributed by atoms with Crippen molar-refractivity contribution in [2.75, 3.05) is 11.1 Å². The Labute approximate surface area is 130 Å². The maximum Gasteiger partial charge on any atom is 0.234 e. The number of anilines is 1. The highest BCUT2D eigenvalue weighted by Gasteiger charge is 2.04. The molecule has 0 saturated carbocycles. The molecular formula is C15H14BrNO2S. The van der Waals surface area contributed by atoms with Gasteiger partial charge < -0.3 is 10.4 Å². The van der Waals surface area contributed by atoms with Gasteiger partial charge in [0.05, 0.1) is 12.4 Å². The zero-order valence-corrected chi connectivity index (χ0v) is 13.1. The predicted molar refractivity (Wildman–Crippen MR) is 85.9 cm³/mol. The molecule has 2 aromatic rings. The van der Waals surface area contributed by atoms with Gasteiger partial charge in [-0.15, -0.1) is 11.8 Å². The van der Waals surface area contributed by atoms with Crippen LogP contribution in [0.15, 0.2) is 57.9 Å². The average molecular weight is 352 g/mol. The fourth-order valence-corrected chi connectivity index (χ4v) is 2.53. The lowest BCUT2D eigenvalue weighted by atomic mass is 10.2. The summed E-state index contributed by atoms with van der Waals surface area (Å²) in [4.78, 5) is 12.8. The number of halogens is 1. The van der Waals surface area contributed by atoms with Gasteiger partial charge in [-0.25, -0.2) is 0 Å². The minimum Gasteiger partial charge on any atom is -0.392 e. The Morgan fingerprint density at radius 1 is 1.10 bits per heavy atom. The minimum atomic E-state index is -0.0384. The zero-order chi connectivity index (χ0) is 14.4. The Hall–Kier alpha value is -1.30. The number of carbonyl (C=O) groups excluding carboxylic acids is 1. The summed E-state index contributed by atoms with van der Waals surface area (Å²) < 4.78 is 0.980. The lowest BCUT2D eigenvalue weighted by molar-refractivity contribution is -0.113. The summed E-state index contributed by atoms with van der Waals surface area (Å²) >= 11 is 4.82. The van der Waals surface area contributed by atoms with Crippen LogP contribution in [-0.2, 0) is 11.4 Å². The Bertz CT molecular complexity index is 569. The maximum atomic E-state index is 11.8. The van der Waals surface area contributed by atoms with E-state index in [2.05, 4.69) is 21.2 Å². The van der Waals surface area contributed by atoms with Crippen LogP contribution in [0.5, 0.6) is 0 Å². The zero-order valence-electron chi connectivity index (χ0n) is 10.7. The number of rotatable bonds is 5. The first kappa shape index (κ1) is 15.1. The highest BCUT2D eigenvalue weighted by Crippen LogP contribution is 2.19. The molecule has 0 aliphatic carbocycles. The van der Waals surface area contributed by atoms with Gasteiger partial charge in [-0.2, -0.15) is 0 Å². The first-order valence-corrected chi connectivity index (χ1v) is 7.83. The standard InChI is InChI=1S/C15H14BrNO2S/c16-12-3-5-13(6-4-12)17-15(19)10-20-14-7-1-11(9-18)2-8-14/h1-8,18H,9-10H2,(H,17,19). The number of carbonyl (C=O) groups is 1. The average Bonchev–Trinajstić information content (AvgIpc) is 2.48. The largest absolute Gasteiger partial charge is 0.392 e. The summed E-state index contributed by atoms with van der Waals surface area (Å²) in [7, 11) is 0. The predicted octanol–water partition coefficient (Wildman–Crippen LogP) is 3.67. The Morgan fingerprint density at radius 2 is 1.75 bits per heavy atom. The van der Waals surface area contributed by atoms with Gasteiger partial charge in [0.2, 0.25) is 5.91 Å². The van der Waals surface area contributed by atoms with Gasteiger partial charge in [0.15, 0.2) is 0 Å². The molecule has 0 bridgehead atoms. The van der Waals surface area contributed by atoms with Crippen molar-refractivity contribution in [3.8, 4) is 0 Å². The van der Waals surface area contributed by atoms with Crippen LogP contribution in [-0.4, -0.2) is 16.8 Å². The number of aliphatic hydroxyl groups excluding tert-OH is 1. The summed E-state index contributed by atoms with van der Waals surface area (Å²) in [5.41, 5.74) is 1.66. The van der Waals surface area contributed by atoms with Gasteiger partial charge in [0.25, 0.3) is 0 Å². The molecule has 0 heterocycles. The molecule has 0 atom stereocenters. The molecule has 5 heteroatoms. The lowest BCUT2D eigenvalue weighted by Gasteiger charge is -2.05. The third-order valence-corrected chi connectivity index (χ3v) is 4.14. The number of nitrogens with one attached hydrogen (secondary N) is 1. The molecule has 2 aromatic carbocycles. The monoisotopic (exact) mass is 351 g/mol. The van der Waals surface area contributed by atoms with Crippen molar-refractivity contribution in [3.63, 3.8) is 0 Å². The van der Waals surface area contributed by atoms with Crippen LogP contribution < -0.4 is 5.32 Å². The van der Waals surface area contributed by atoms with Gasteiger partial charge in [-0.3, -0.25) is 4.79 Å². The number of hydrogen-bond donors (Lipinski definition) is 2. The maximum absolute atomic E-state index is 11.8.